The van der Waals surface area contributed by atoms with Crippen molar-refractivity contribution in [3.63, 3.8) is 0 Å². The zero-order valence-corrected chi connectivity index (χ0v) is 13.7. The number of aromatic nitrogens is 1. The van der Waals surface area contributed by atoms with E-state index in [4.69, 9.17) is 4.42 Å². The number of oxazole rings is 1. The summed E-state index contributed by atoms with van der Waals surface area (Å²) in [6.45, 7) is 1.48. The van der Waals surface area contributed by atoms with Crippen LogP contribution in [0.2, 0.25) is 0 Å². The summed E-state index contributed by atoms with van der Waals surface area (Å²) in [6, 6.07) is 15.6. The summed E-state index contributed by atoms with van der Waals surface area (Å²) in [5, 5.41) is 9.27. The maximum atomic E-state index is 12.2. The lowest BCUT2D eigenvalue weighted by Crippen LogP contribution is -2.41. The molecule has 0 amide bonds. The zero-order valence-electron chi connectivity index (χ0n) is 12.8. The highest BCUT2D eigenvalue weighted by molar-refractivity contribution is 7.96. The van der Waals surface area contributed by atoms with Gasteiger partial charge in [0.25, 0.3) is 0 Å². The van der Waals surface area contributed by atoms with E-state index in [-0.39, 0.29) is 5.89 Å². The lowest BCUT2D eigenvalue weighted by molar-refractivity contribution is -0.145. The van der Waals surface area contributed by atoms with E-state index in [2.05, 4.69) is 17.6 Å². The minimum absolute atomic E-state index is 0.0463. The average Bonchev–Trinajstić information content (AvgIpc) is 2.98. The Balaban J connectivity index is 2.21. The Hall–Kier alpha value is -2.60. The van der Waals surface area contributed by atoms with Crippen LogP contribution in [0.1, 0.15) is 24.3 Å². The minimum atomic E-state index is -1.55. The van der Waals surface area contributed by atoms with E-state index in [0.717, 1.165) is 0 Å². The molecule has 2 unspecified atom stereocenters. The molecule has 0 spiro atoms. The summed E-state index contributed by atoms with van der Waals surface area (Å²) < 4.78 is 5.67. The molecule has 24 heavy (non-hydrogen) atoms. The summed E-state index contributed by atoms with van der Waals surface area (Å²) in [5.41, 5.74) is -0.0195. The smallest absolute Gasteiger partial charge is 0.315 e. The van der Waals surface area contributed by atoms with Crippen LogP contribution in [0, 0.1) is 0 Å². The number of aliphatic carboxylic acids is 1. The molecule has 0 radical (unpaired) electrons. The van der Waals surface area contributed by atoms with Gasteiger partial charge in [-0.3, -0.25) is 9.59 Å². The predicted molar refractivity (Wildman–Crippen MR) is 92.2 cm³/mol. The van der Waals surface area contributed by atoms with Crippen LogP contribution < -0.4 is 0 Å². The van der Waals surface area contributed by atoms with Gasteiger partial charge in [-0.15, -0.1) is 12.6 Å². The van der Waals surface area contributed by atoms with Gasteiger partial charge in [0.15, 0.2) is 10.7 Å². The second kappa shape index (κ2) is 6.13. The molecule has 0 saturated heterocycles. The quantitative estimate of drug-likeness (QED) is 0.695. The number of carbonyl (C=O) groups is 2. The number of benzene rings is 2. The van der Waals surface area contributed by atoms with Crippen molar-refractivity contribution >= 4 is 34.8 Å². The molecule has 5 nitrogen and oxygen atoms in total. The van der Waals surface area contributed by atoms with Gasteiger partial charge >= 0.3 is 5.97 Å². The van der Waals surface area contributed by atoms with Gasteiger partial charge in [-0.25, -0.2) is 4.98 Å². The third-order valence-electron chi connectivity index (χ3n) is 4.20. The number of carbonyl (C=O) groups excluding carboxylic acids is 1. The van der Waals surface area contributed by atoms with Crippen LogP contribution in [0.25, 0.3) is 11.1 Å². The first-order valence-corrected chi connectivity index (χ1v) is 7.76. The Labute approximate surface area is 143 Å². The third-order valence-corrected chi connectivity index (χ3v) is 4.46. The lowest BCUT2D eigenvalue weighted by atomic mass is 9.72. The molecule has 3 rings (SSSR count). The number of nitrogens with zero attached hydrogens (tertiary/aromatic N) is 1. The van der Waals surface area contributed by atoms with Crippen molar-refractivity contribution in [3.8, 4) is 0 Å². The van der Waals surface area contributed by atoms with Crippen molar-refractivity contribution in [2.45, 2.75) is 18.3 Å². The van der Waals surface area contributed by atoms with E-state index in [1.807, 2.05) is 0 Å². The number of hydrogen-bond donors (Lipinski definition) is 2. The molecule has 2 aromatic carbocycles. The van der Waals surface area contributed by atoms with Gasteiger partial charge in [-0.1, -0.05) is 42.5 Å². The van der Waals surface area contributed by atoms with Crippen molar-refractivity contribution in [1.82, 2.24) is 4.98 Å². The fourth-order valence-electron chi connectivity index (χ4n) is 2.81. The first-order valence-electron chi connectivity index (χ1n) is 7.31. The van der Waals surface area contributed by atoms with Gasteiger partial charge in [0.05, 0.1) is 0 Å². The molecule has 1 heterocycles. The Bertz CT molecular complexity index is 873. The summed E-state index contributed by atoms with van der Waals surface area (Å²) in [7, 11) is 0. The Morgan fingerprint density at radius 1 is 1.12 bits per heavy atom. The van der Waals surface area contributed by atoms with Crippen LogP contribution in [0.5, 0.6) is 0 Å². The van der Waals surface area contributed by atoms with Crippen molar-refractivity contribution < 1.29 is 19.1 Å². The Morgan fingerprint density at radius 3 is 2.33 bits per heavy atom. The molecule has 0 aliphatic heterocycles. The van der Waals surface area contributed by atoms with E-state index >= 15 is 0 Å². The van der Waals surface area contributed by atoms with E-state index in [1.54, 1.807) is 54.6 Å². The fraction of sp³-hybridized carbons (Fsp3) is 0.167. The molecule has 0 aliphatic carbocycles. The average molecular weight is 341 g/mol. The number of fused-ring (bicyclic) bond motifs is 1. The predicted octanol–water partition coefficient (Wildman–Crippen LogP) is 3.41. The lowest BCUT2D eigenvalue weighted by Gasteiger charge is -2.30. The Kier molecular flexibility index (Phi) is 4.15. The normalized spacial score (nSPS) is 14.9. The van der Waals surface area contributed by atoms with Crippen LogP contribution in [0.4, 0.5) is 0 Å². The first-order chi connectivity index (χ1) is 11.4. The largest absolute Gasteiger partial charge is 0.481 e. The number of rotatable bonds is 5. The molecule has 2 atom stereocenters. The maximum absolute atomic E-state index is 12.2. The number of para-hydroxylation sites is 2. The van der Waals surface area contributed by atoms with E-state index < -0.39 is 22.4 Å². The summed E-state index contributed by atoms with van der Waals surface area (Å²) in [4.78, 5) is 28.7. The third kappa shape index (κ3) is 2.59. The van der Waals surface area contributed by atoms with Crippen molar-refractivity contribution in [2.24, 2.45) is 0 Å². The highest BCUT2D eigenvalue weighted by Gasteiger charge is 2.49. The topological polar surface area (TPSA) is 80.4 Å². The number of hydrogen-bond acceptors (Lipinski definition) is 4. The van der Waals surface area contributed by atoms with E-state index in [0.29, 0.717) is 16.7 Å². The van der Waals surface area contributed by atoms with Gasteiger partial charge in [-0.05, 0) is 24.6 Å². The highest BCUT2D eigenvalue weighted by atomic mass is 32.1. The van der Waals surface area contributed by atoms with Crippen molar-refractivity contribution in [3.05, 3.63) is 66.1 Å². The highest BCUT2D eigenvalue weighted by Crippen LogP contribution is 2.41. The first kappa shape index (κ1) is 16.3. The molecule has 3 aromatic rings. The molecule has 1 aromatic heterocycles. The van der Waals surface area contributed by atoms with Gasteiger partial charge < -0.3 is 9.52 Å². The summed E-state index contributed by atoms with van der Waals surface area (Å²) >= 11 is 3.92. The molecule has 6 heteroatoms. The Morgan fingerprint density at radius 2 is 1.75 bits per heavy atom. The molecule has 1 N–H and O–H groups in total. The number of carboxylic acid groups (broad SMARTS) is 1. The van der Waals surface area contributed by atoms with E-state index in [1.165, 1.54) is 6.92 Å². The zero-order chi connectivity index (χ0) is 17.3. The van der Waals surface area contributed by atoms with Crippen LogP contribution >= 0.6 is 12.6 Å². The molecule has 0 aliphatic rings. The second-order valence-electron chi connectivity index (χ2n) is 5.66. The van der Waals surface area contributed by atoms with Gasteiger partial charge in [0.2, 0.25) is 5.89 Å². The summed E-state index contributed by atoms with van der Waals surface area (Å²) in [6.07, 6.45) is 0. The second-order valence-corrected chi connectivity index (χ2v) is 6.11. The maximum Gasteiger partial charge on any atom is 0.315 e. The molecule has 0 bridgehead atoms. The molecule has 122 valence electrons. The molecular formula is C18H15NO4S. The number of carboxylic acids is 1. The molecule has 0 saturated carbocycles. The van der Waals surface area contributed by atoms with Crippen LogP contribution in [0.3, 0.4) is 0 Å². The van der Waals surface area contributed by atoms with E-state index in [9.17, 15) is 14.7 Å². The summed E-state index contributed by atoms with van der Waals surface area (Å²) in [5.74, 6) is -2.26. The monoisotopic (exact) mass is 341 g/mol. The fourth-order valence-corrected chi connectivity index (χ4v) is 3.18. The molecule has 0 fully saturated rings. The minimum Gasteiger partial charge on any atom is -0.481 e. The number of thiol groups is 1. The van der Waals surface area contributed by atoms with Gasteiger partial charge in [0.1, 0.15) is 16.8 Å². The van der Waals surface area contributed by atoms with Gasteiger partial charge in [0, 0.05) is 0 Å². The van der Waals surface area contributed by atoms with Crippen LogP contribution in [0.15, 0.2) is 59.0 Å². The van der Waals surface area contributed by atoms with Crippen molar-refractivity contribution in [1.29, 1.82) is 0 Å². The van der Waals surface area contributed by atoms with Gasteiger partial charge in [-0.2, -0.15) is 0 Å². The van der Waals surface area contributed by atoms with Crippen LogP contribution in [-0.4, -0.2) is 21.2 Å². The van der Waals surface area contributed by atoms with Crippen molar-refractivity contribution in [2.75, 3.05) is 0 Å². The van der Waals surface area contributed by atoms with Crippen LogP contribution in [-0.2, 0) is 15.0 Å². The SMILES string of the molecule is CC(C(=O)O)(c1ccccc1)C(C(=O)S)c1nc2ccccc2o1. The molecular weight excluding hydrogens is 326 g/mol. The standard InChI is InChI=1S/C18H15NO4S/c1-18(17(21)22,11-7-3-2-4-8-11)14(16(20)24)15-19-12-9-5-6-10-13(12)23-15/h2-10,14H,1H3,(H,20,24)(H,21,22).